The smallest absolute Gasteiger partial charge is 0.243 e. The Morgan fingerprint density at radius 2 is 1.67 bits per heavy atom. The lowest BCUT2D eigenvalue weighted by Gasteiger charge is -2.36. The van der Waals surface area contributed by atoms with Crippen molar-refractivity contribution in [2.75, 3.05) is 6.54 Å². The molecule has 1 aromatic heterocycles. The fourth-order valence-corrected chi connectivity index (χ4v) is 7.16. The van der Waals surface area contributed by atoms with Gasteiger partial charge in [0.15, 0.2) is 0 Å². The predicted octanol–water partition coefficient (Wildman–Crippen LogP) is 5.86. The van der Waals surface area contributed by atoms with Gasteiger partial charge in [-0.15, -0.1) is 0 Å². The molecule has 1 fully saturated rings. The molecule has 188 valence electrons. The summed E-state index contributed by atoms with van der Waals surface area (Å²) in [7, 11) is -3.56. The minimum atomic E-state index is -3.56. The van der Waals surface area contributed by atoms with Gasteiger partial charge >= 0.3 is 0 Å². The van der Waals surface area contributed by atoms with Crippen LogP contribution in [0.2, 0.25) is 0 Å². The molecule has 6 heteroatoms. The second kappa shape index (κ2) is 10.2. The number of rotatable bonds is 7. The molecular formula is C30H34N2O3S. The van der Waals surface area contributed by atoms with Gasteiger partial charge in [0.2, 0.25) is 10.0 Å². The number of aliphatic hydroxyl groups excluding tert-OH is 1. The SMILES string of the molecule is Cc1cc(C)c2c(ccn2S(=O)(=O)Cc2ccccc2)c1CN1CCCCC1c1ccc(CO)cc1. The second-order valence-electron chi connectivity index (χ2n) is 9.99. The summed E-state index contributed by atoms with van der Waals surface area (Å²) in [6.07, 6.45) is 5.17. The molecule has 0 saturated carbocycles. The average Bonchev–Trinajstić information content (AvgIpc) is 3.34. The fraction of sp³-hybridized carbons (Fsp3) is 0.333. The molecule has 0 amide bonds. The van der Waals surface area contributed by atoms with Gasteiger partial charge in [0, 0.05) is 24.2 Å². The summed E-state index contributed by atoms with van der Waals surface area (Å²) in [5.41, 5.74) is 7.13. The fourth-order valence-electron chi connectivity index (χ4n) is 5.64. The van der Waals surface area contributed by atoms with Crippen LogP contribution in [0.15, 0.2) is 72.9 Å². The van der Waals surface area contributed by atoms with E-state index in [4.69, 9.17) is 0 Å². The maximum Gasteiger partial charge on any atom is 0.243 e. The van der Waals surface area contributed by atoms with Crippen LogP contribution < -0.4 is 0 Å². The van der Waals surface area contributed by atoms with E-state index in [1.807, 2.05) is 55.5 Å². The summed E-state index contributed by atoms with van der Waals surface area (Å²) in [6, 6.07) is 22.1. The Kier molecular flexibility index (Phi) is 7.02. The third kappa shape index (κ3) is 4.85. The van der Waals surface area contributed by atoms with Gasteiger partial charge in [-0.2, -0.15) is 0 Å². The zero-order valence-electron chi connectivity index (χ0n) is 21.0. The topological polar surface area (TPSA) is 62.5 Å². The Labute approximate surface area is 214 Å². The molecule has 0 spiro atoms. The normalized spacial score (nSPS) is 17.0. The van der Waals surface area contributed by atoms with E-state index in [9.17, 15) is 13.5 Å². The molecule has 0 bridgehead atoms. The third-order valence-corrected chi connectivity index (χ3v) is 9.08. The molecule has 5 rings (SSSR count). The summed E-state index contributed by atoms with van der Waals surface area (Å²) in [6.45, 7) is 5.97. The lowest BCUT2D eigenvalue weighted by atomic mass is 9.92. The molecular weight excluding hydrogens is 468 g/mol. The molecule has 5 nitrogen and oxygen atoms in total. The summed E-state index contributed by atoms with van der Waals surface area (Å²) in [4.78, 5) is 2.53. The predicted molar refractivity (Wildman–Crippen MR) is 145 cm³/mol. The molecule has 1 aliphatic heterocycles. The van der Waals surface area contributed by atoms with Crippen molar-refractivity contribution in [1.82, 2.24) is 8.87 Å². The number of fused-ring (bicyclic) bond motifs is 1. The minimum absolute atomic E-state index is 0.0295. The van der Waals surface area contributed by atoms with Crippen molar-refractivity contribution in [1.29, 1.82) is 0 Å². The van der Waals surface area contributed by atoms with Gasteiger partial charge in [0.1, 0.15) is 0 Å². The molecule has 0 aliphatic carbocycles. The number of aliphatic hydroxyl groups is 1. The highest BCUT2D eigenvalue weighted by Gasteiger charge is 2.26. The van der Waals surface area contributed by atoms with E-state index >= 15 is 0 Å². The zero-order valence-corrected chi connectivity index (χ0v) is 21.8. The zero-order chi connectivity index (χ0) is 25.3. The van der Waals surface area contributed by atoms with E-state index in [0.29, 0.717) is 6.04 Å². The summed E-state index contributed by atoms with van der Waals surface area (Å²) < 4.78 is 28.4. The number of piperidine rings is 1. The highest BCUT2D eigenvalue weighted by atomic mass is 32.2. The minimum Gasteiger partial charge on any atom is -0.392 e. The molecule has 0 radical (unpaired) electrons. The van der Waals surface area contributed by atoms with E-state index in [1.165, 1.54) is 27.1 Å². The highest BCUT2D eigenvalue weighted by Crippen LogP contribution is 2.36. The van der Waals surface area contributed by atoms with Gasteiger partial charge < -0.3 is 5.11 Å². The van der Waals surface area contributed by atoms with Crippen LogP contribution in [0, 0.1) is 13.8 Å². The number of hydrogen-bond donors (Lipinski definition) is 1. The first-order valence-corrected chi connectivity index (χ1v) is 14.3. The maximum absolute atomic E-state index is 13.4. The molecule has 1 unspecified atom stereocenters. The van der Waals surface area contributed by atoms with Crippen molar-refractivity contribution >= 4 is 20.9 Å². The van der Waals surface area contributed by atoms with Crippen LogP contribution in [0.3, 0.4) is 0 Å². The van der Waals surface area contributed by atoms with Crippen LogP contribution in [-0.4, -0.2) is 28.9 Å². The maximum atomic E-state index is 13.4. The number of benzene rings is 3. The van der Waals surface area contributed by atoms with E-state index in [0.717, 1.165) is 53.5 Å². The molecule has 1 atom stereocenters. The summed E-state index contributed by atoms with van der Waals surface area (Å²) >= 11 is 0. The van der Waals surface area contributed by atoms with Crippen molar-refractivity contribution in [3.8, 4) is 0 Å². The van der Waals surface area contributed by atoms with Crippen LogP contribution in [0.1, 0.15) is 58.7 Å². The van der Waals surface area contributed by atoms with Gasteiger partial charge in [-0.1, -0.05) is 67.1 Å². The van der Waals surface area contributed by atoms with Crippen molar-refractivity contribution in [2.45, 2.75) is 58.1 Å². The lowest BCUT2D eigenvalue weighted by molar-refractivity contribution is 0.140. The molecule has 1 saturated heterocycles. The lowest BCUT2D eigenvalue weighted by Crippen LogP contribution is -2.33. The van der Waals surface area contributed by atoms with Gasteiger partial charge in [-0.3, -0.25) is 4.90 Å². The first kappa shape index (κ1) is 24.8. The van der Waals surface area contributed by atoms with Gasteiger partial charge in [-0.05, 0) is 72.7 Å². The largest absolute Gasteiger partial charge is 0.392 e. The Morgan fingerprint density at radius 3 is 2.39 bits per heavy atom. The highest BCUT2D eigenvalue weighted by molar-refractivity contribution is 7.89. The van der Waals surface area contributed by atoms with Crippen LogP contribution >= 0.6 is 0 Å². The van der Waals surface area contributed by atoms with Crippen molar-refractivity contribution in [3.05, 3.63) is 106 Å². The molecule has 3 aromatic carbocycles. The quantitative estimate of drug-likeness (QED) is 0.344. The van der Waals surface area contributed by atoms with E-state index in [-0.39, 0.29) is 12.4 Å². The van der Waals surface area contributed by atoms with Crippen molar-refractivity contribution in [2.24, 2.45) is 0 Å². The molecule has 1 aliphatic rings. The summed E-state index contributed by atoms with van der Waals surface area (Å²) in [5, 5.41) is 10.4. The summed E-state index contributed by atoms with van der Waals surface area (Å²) in [5.74, 6) is -0.0295. The number of likely N-dealkylation sites (tertiary alicyclic amines) is 1. The number of aromatic nitrogens is 1. The third-order valence-electron chi connectivity index (χ3n) is 7.47. The molecule has 2 heterocycles. The Hall–Kier alpha value is -2.93. The monoisotopic (exact) mass is 502 g/mol. The van der Waals surface area contributed by atoms with Crippen LogP contribution in [-0.2, 0) is 28.9 Å². The van der Waals surface area contributed by atoms with Crippen LogP contribution in [0.25, 0.3) is 10.9 Å². The Bertz CT molecular complexity index is 1460. The van der Waals surface area contributed by atoms with E-state index in [2.05, 4.69) is 30.0 Å². The Morgan fingerprint density at radius 1 is 0.917 bits per heavy atom. The first-order chi connectivity index (χ1) is 17.4. The second-order valence-corrected chi connectivity index (χ2v) is 11.8. The van der Waals surface area contributed by atoms with E-state index in [1.54, 1.807) is 6.20 Å². The Balaban J connectivity index is 1.51. The van der Waals surface area contributed by atoms with Gasteiger partial charge in [0.25, 0.3) is 0 Å². The molecule has 36 heavy (non-hydrogen) atoms. The standard InChI is InChI=1S/C30H34N2O3S/c1-22-18-23(2)30-27(15-17-32(30)36(34,35)21-25-8-4-3-5-9-25)28(22)19-31-16-7-6-10-29(31)26-13-11-24(20-33)12-14-26/h3-5,8-9,11-15,17-18,29,33H,6-7,10,16,19-21H2,1-2H3. The number of aryl methyl sites for hydroxylation is 2. The van der Waals surface area contributed by atoms with Gasteiger partial charge in [0.05, 0.1) is 17.9 Å². The first-order valence-electron chi connectivity index (χ1n) is 12.7. The molecule has 4 aromatic rings. The number of nitrogens with zero attached hydrogens (tertiary/aromatic N) is 2. The van der Waals surface area contributed by atoms with Crippen molar-refractivity contribution < 1.29 is 13.5 Å². The average molecular weight is 503 g/mol. The van der Waals surface area contributed by atoms with E-state index < -0.39 is 10.0 Å². The van der Waals surface area contributed by atoms with Crippen LogP contribution in [0.4, 0.5) is 0 Å². The number of hydrogen-bond acceptors (Lipinski definition) is 4. The van der Waals surface area contributed by atoms with Gasteiger partial charge in [-0.25, -0.2) is 12.4 Å². The van der Waals surface area contributed by atoms with Crippen LogP contribution in [0.5, 0.6) is 0 Å². The molecule has 1 N–H and O–H groups in total. The van der Waals surface area contributed by atoms with Crippen molar-refractivity contribution in [3.63, 3.8) is 0 Å².